The third-order valence-corrected chi connectivity index (χ3v) is 0.994. The zero-order chi connectivity index (χ0) is 8.91. The van der Waals surface area contributed by atoms with Crippen molar-refractivity contribution in [2.24, 2.45) is 0 Å². The molecule has 0 aliphatic rings. The summed E-state index contributed by atoms with van der Waals surface area (Å²) < 4.78 is 4.58. The standard InChI is InChI=1S/C7H15NO3/c1-7(2,10)5-8-6(9)4-11-3/h10H,4-5H2,1-3H3,(H,8,9). The third kappa shape index (κ3) is 7.29. The van der Waals surface area contributed by atoms with Gasteiger partial charge in [0.25, 0.3) is 0 Å². The van der Waals surface area contributed by atoms with Gasteiger partial charge in [0.15, 0.2) is 0 Å². The van der Waals surface area contributed by atoms with Crippen LogP contribution in [0.5, 0.6) is 0 Å². The molecule has 0 saturated heterocycles. The predicted octanol–water partition coefficient (Wildman–Crippen LogP) is -0.480. The Bertz CT molecular complexity index is 128. The number of aliphatic hydroxyl groups is 1. The van der Waals surface area contributed by atoms with Crippen LogP contribution in [0.15, 0.2) is 0 Å². The smallest absolute Gasteiger partial charge is 0.246 e. The summed E-state index contributed by atoms with van der Waals surface area (Å²) in [4.78, 5) is 10.7. The molecule has 0 saturated carbocycles. The van der Waals surface area contributed by atoms with Crippen LogP contribution in [0.25, 0.3) is 0 Å². The van der Waals surface area contributed by atoms with Gasteiger partial charge in [0.05, 0.1) is 5.60 Å². The van der Waals surface area contributed by atoms with Gasteiger partial charge in [0.2, 0.25) is 5.91 Å². The summed E-state index contributed by atoms with van der Waals surface area (Å²) in [6.45, 7) is 3.53. The minimum Gasteiger partial charge on any atom is -0.389 e. The maximum atomic E-state index is 10.7. The van der Waals surface area contributed by atoms with Gasteiger partial charge in [-0.05, 0) is 13.8 Å². The Morgan fingerprint density at radius 3 is 2.55 bits per heavy atom. The van der Waals surface area contributed by atoms with Crippen molar-refractivity contribution in [3.8, 4) is 0 Å². The normalized spacial score (nSPS) is 11.3. The lowest BCUT2D eigenvalue weighted by atomic mass is 10.1. The van der Waals surface area contributed by atoms with Crippen LogP contribution >= 0.6 is 0 Å². The molecular weight excluding hydrogens is 146 g/mol. The van der Waals surface area contributed by atoms with E-state index in [4.69, 9.17) is 0 Å². The van der Waals surface area contributed by atoms with Crippen LogP contribution in [0.3, 0.4) is 0 Å². The number of carbonyl (C=O) groups is 1. The van der Waals surface area contributed by atoms with E-state index >= 15 is 0 Å². The van der Waals surface area contributed by atoms with E-state index in [9.17, 15) is 9.90 Å². The van der Waals surface area contributed by atoms with Crippen LogP contribution < -0.4 is 5.32 Å². The Hall–Kier alpha value is -0.610. The summed E-state index contributed by atoms with van der Waals surface area (Å²) >= 11 is 0. The van der Waals surface area contributed by atoms with Gasteiger partial charge in [0, 0.05) is 13.7 Å². The molecule has 0 atom stereocenters. The van der Waals surface area contributed by atoms with Crippen molar-refractivity contribution in [3.63, 3.8) is 0 Å². The molecule has 66 valence electrons. The number of nitrogens with one attached hydrogen (secondary N) is 1. The van der Waals surface area contributed by atoms with Gasteiger partial charge in [-0.15, -0.1) is 0 Å². The first kappa shape index (κ1) is 10.4. The maximum Gasteiger partial charge on any atom is 0.246 e. The number of methoxy groups -OCH3 is 1. The molecule has 0 unspecified atom stereocenters. The lowest BCUT2D eigenvalue weighted by Crippen LogP contribution is -2.39. The molecule has 0 heterocycles. The highest BCUT2D eigenvalue weighted by Gasteiger charge is 2.13. The van der Waals surface area contributed by atoms with Crippen molar-refractivity contribution in [1.82, 2.24) is 5.32 Å². The van der Waals surface area contributed by atoms with Gasteiger partial charge in [-0.2, -0.15) is 0 Å². The Kier molecular flexibility index (Phi) is 4.07. The highest BCUT2D eigenvalue weighted by atomic mass is 16.5. The fourth-order valence-electron chi connectivity index (χ4n) is 0.497. The fraction of sp³-hybridized carbons (Fsp3) is 0.857. The molecule has 11 heavy (non-hydrogen) atoms. The van der Waals surface area contributed by atoms with E-state index in [1.807, 2.05) is 0 Å². The summed E-state index contributed by atoms with van der Waals surface area (Å²) in [5, 5.41) is 11.7. The van der Waals surface area contributed by atoms with Crippen LogP contribution in [0.2, 0.25) is 0 Å². The molecule has 0 aliphatic carbocycles. The van der Waals surface area contributed by atoms with Crippen LogP contribution in [0, 0.1) is 0 Å². The summed E-state index contributed by atoms with van der Waals surface area (Å²) in [6, 6.07) is 0. The molecule has 2 N–H and O–H groups in total. The number of carbonyl (C=O) groups excluding carboxylic acids is 1. The Morgan fingerprint density at radius 1 is 1.64 bits per heavy atom. The van der Waals surface area contributed by atoms with E-state index in [1.165, 1.54) is 7.11 Å². The zero-order valence-corrected chi connectivity index (χ0v) is 7.18. The monoisotopic (exact) mass is 161 g/mol. The maximum absolute atomic E-state index is 10.7. The van der Waals surface area contributed by atoms with Crippen LogP contribution in [0.1, 0.15) is 13.8 Å². The molecule has 0 spiro atoms. The van der Waals surface area contributed by atoms with Gasteiger partial charge >= 0.3 is 0 Å². The number of hydrogen-bond donors (Lipinski definition) is 2. The van der Waals surface area contributed by atoms with E-state index in [0.29, 0.717) is 0 Å². The van der Waals surface area contributed by atoms with Gasteiger partial charge in [-0.25, -0.2) is 0 Å². The highest BCUT2D eigenvalue weighted by molar-refractivity contribution is 5.77. The molecule has 0 fully saturated rings. The minimum atomic E-state index is -0.858. The van der Waals surface area contributed by atoms with E-state index in [2.05, 4.69) is 10.1 Å². The first-order chi connectivity index (χ1) is 4.95. The quantitative estimate of drug-likeness (QED) is 0.585. The van der Waals surface area contributed by atoms with Crippen molar-refractivity contribution in [2.75, 3.05) is 20.3 Å². The second-order valence-electron chi connectivity index (χ2n) is 3.02. The fourth-order valence-corrected chi connectivity index (χ4v) is 0.497. The zero-order valence-electron chi connectivity index (χ0n) is 7.18. The van der Waals surface area contributed by atoms with E-state index in [1.54, 1.807) is 13.8 Å². The van der Waals surface area contributed by atoms with Gasteiger partial charge in [0.1, 0.15) is 6.61 Å². The number of ether oxygens (including phenoxy) is 1. The molecule has 1 amide bonds. The van der Waals surface area contributed by atoms with Crippen molar-refractivity contribution in [2.45, 2.75) is 19.4 Å². The SMILES string of the molecule is COCC(=O)NCC(C)(C)O. The molecular formula is C7H15NO3. The summed E-state index contributed by atoms with van der Waals surface area (Å²) in [5.74, 6) is -0.213. The van der Waals surface area contributed by atoms with Gasteiger partial charge < -0.3 is 15.2 Å². The molecule has 0 radical (unpaired) electrons. The van der Waals surface area contributed by atoms with Crippen molar-refractivity contribution >= 4 is 5.91 Å². The molecule has 4 heteroatoms. The van der Waals surface area contributed by atoms with Crippen molar-refractivity contribution in [3.05, 3.63) is 0 Å². The summed E-state index contributed by atoms with van der Waals surface area (Å²) in [6.07, 6.45) is 0. The molecule has 0 rings (SSSR count). The molecule has 0 aromatic carbocycles. The number of hydrogen-bond acceptors (Lipinski definition) is 3. The average Bonchev–Trinajstić information content (AvgIpc) is 1.83. The second kappa shape index (κ2) is 4.31. The predicted molar refractivity (Wildman–Crippen MR) is 41.2 cm³/mol. The van der Waals surface area contributed by atoms with Crippen molar-refractivity contribution in [1.29, 1.82) is 0 Å². The van der Waals surface area contributed by atoms with Gasteiger partial charge in [-0.1, -0.05) is 0 Å². The van der Waals surface area contributed by atoms with Crippen molar-refractivity contribution < 1.29 is 14.6 Å². The highest BCUT2D eigenvalue weighted by Crippen LogP contribution is 1.96. The first-order valence-corrected chi connectivity index (χ1v) is 3.44. The van der Waals surface area contributed by atoms with Crippen LogP contribution in [-0.4, -0.2) is 36.9 Å². The third-order valence-electron chi connectivity index (χ3n) is 0.994. The summed E-state index contributed by atoms with van der Waals surface area (Å²) in [5.41, 5.74) is -0.858. The van der Waals surface area contributed by atoms with Crippen LogP contribution in [-0.2, 0) is 9.53 Å². The van der Waals surface area contributed by atoms with E-state index < -0.39 is 5.60 Å². The Morgan fingerprint density at radius 2 is 2.18 bits per heavy atom. The molecule has 0 aromatic rings. The van der Waals surface area contributed by atoms with E-state index in [-0.39, 0.29) is 19.1 Å². The number of amides is 1. The van der Waals surface area contributed by atoms with Gasteiger partial charge in [-0.3, -0.25) is 4.79 Å². The minimum absolute atomic E-state index is 0.0378. The molecule has 4 nitrogen and oxygen atoms in total. The lowest BCUT2D eigenvalue weighted by molar-refractivity contribution is -0.125. The van der Waals surface area contributed by atoms with E-state index in [0.717, 1.165) is 0 Å². The largest absolute Gasteiger partial charge is 0.389 e. The lowest BCUT2D eigenvalue weighted by Gasteiger charge is -2.17. The topological polar surface area (TPSA) is 58.6 Å². The van der Waals surface area contributed by atoms with Crippen LogP contribution in [0.4, 0.5) is 0 Å². The Balaban J connectivity index is 3.46. The average molecular weight is 161 g/mol. The first-order valence-electron chi connectivity index (χ1n) is 3.44. The Labute approximate surface area is 66.5 Å². The summed E-state index contributed by atoms with van der Waals surface area (Å²) in [7, 11) is 1.45. The second-order valence-corrected chi connectivity index (χ2v) is 3.02. The molecule has 0 bridgehead atoms. The molecule has 0 aromatic heterocycles. The number of rotatable bonds is 4. The molecule has 0 aliphatic heterocycles.